The Kier molecular flexibility index (Phi) is 4.57. The van der Waals surface area contributed by atoms with Crippen LogP contribution in [0.5, 0.6) is 0 Å². The predicted octanol–water partition coefficient (Wildman–Crippen LogP) is 4.70. The lowest BCUT2D eigenvalue weighted by Crippen LogP contribution is -2.41. The van der Waals surface area contributed by atoms with Gasteiger partial charge in [-0.2, -0.15) is 0 Å². The summed E-state index contributed by atoms with van der Waals surface area (Å²) >= 11 is 5.29. The van der Waals surface area contributed by atoms with E-state index in [1.54, 1.807) is 0 Å². The molecule has 0 aliphatic heterocycles. The molecule has 3 heteroatoms. The van der Waals surface area contributed by atoms with Crippen molar-refractivity contribution in [2.45, 2.75) is 52.2 Å². The summed E-state index contributed by atoms with van der Waals surface area (Å²) in [7, 11) is -1.07. The van der Waals surface area contributed by atoms with Gasteiger partial charge in [0, 0.05) is 15.2 Å². The summed E-state index contributed by atoms with van der Waals surface area (Å²) in [4.78, 5) is 0. The number of hydrogen-bond acceptors (Lipinski definition) is 1. The zero-order valence-electron chi connectivity index (χ0n) is 13.7. The van der Waals surface area contributed by atoms with Gasteiger partial charge in [0.2, 0.25) is 0 Å². The quantitative estimate of drug-likeness (QED) is 0.852. The molecule has 0 saturated carbocycles. The Hall–Kier alpha value is -0.770. The fourth-order valence-corrected chi connectivity index (χ4v) is 6.15. The van der Waals surface area contributed by atoms with Crippen LogP contribution in [0, 0.1) is 20.8 Å². The lowest BCUT2D eigenvalue weighted by atomic mass is 9.70. The van der Waals surface area contributed by atoms with Crippen LogP contribution < -0.4 is 0 Å². The standard InChI is InChI=1S/C18H24OS2/c1-11-7-13(3)16(14(4)8-11)18(6)10-12(2)9-15(5)17(18)21(19)20/h7-10,17H,1-6H3,(H,19,20). The lowest BCUT2D eigenvalue weighted by Gasteiger charge is -2.40. The Balaban J connectivity index is 2.75. The van der Waals surface area contributed by atoms with Crippen molar-refractivity contribution >= 4 is 20.9 Å². The molecule has 2 rings (SSSR count). The van der Waals surface area contributed by atoms with Crippen molar-refractivity contribution in [2.24, 2.45) is 0 Å². The third-order valence-corrected chi connectivity index (χ3v) is 6.20. The van der Waals surface area contributed by atoms with Crippen LogP contribution in [0.15, 0.2) is 35.4 Å². The molecular formula is C18H24OS2. The number of rotatable bonds is 2. The van der Waals surface area contributed by atoms with E-state index in [9.17, 15) is 4.55 Å². The minimum atomic E-state index is -1.07. The molecule has 0 bridgehead atoms. The molecule has 3 unspecified atom stereocenters. The van der Waals surface area contributed by atoms with Crippen molar-refractivity contribution in [1.29, 1.82) is 0 Å². The Morgan fingerprint density at radius 2 is 1.62 bits per heavy atom. The molecule has 1 aliphatic rings. The first-order chi connectivity index (χ1) is 9.66. The second kappa shape index (κ2) is 5.79. The van der Waals surface area contributed by atoms with Crippen LogP contribution in [0.1, 0.15) is 43.0 Å². The summed E-state index contributed by atoms with van der Waals surface area (Å²) in [6.07, 6.45) is 4.42. The van der Waals surface area contributed by atoms with E-state index in [1.807, 2.05) is 0 Å². The van der Waals surface area contributed by atoms with Crippen molar-refractivity contribution in [3.8, 4) is 0 Å². The summed E-state index contributed by atoms with van der Waals surface area (Å²) in [5.41, 5.74) is 7.31. The SMILES string of the molecule is CC1=CC(C)(c2c(C)cc(C)cc2C)C(S(O)=S)C(C)=C1. The largest absolute Gasteiger partial charge is 0.327 e. The Morgan fingerprint density at radius 1 is 1.10 bits per heavy atom. The van der Waals surface area contributed by atoms with Gasteiger partial charge in [-0.25, -0.2) is 0 Å². The molecule has 0 radical (unpaired) electrons. The Bertz CT molecular complexity index is 647. The first-order valence-corrected chi connectivity index (χ1v) is 9.39. The minimum absolute atomic E-state index is 0.0312. The second-order valence-electron chi connectivity index (χ2n) is 6.49. The molecule has 0 saturated heterocycles. The molecule has 0 aromatic heterocycles. The van der Waals surface area contributed by atoms with Gasteiger partial charge in [0.25, 0.3) is 0 Å². The van der Waals surface area contributed by atoms with Gasteiger partial charge in [-0.1, -0.05) is 47.9 Å². The molecule has 0 amide bonds. The van der Waals surface area contributed by atoms with Crippen LogP contribution in [-0.2, 0) is 26.3 Å². The van der Waals surface area contributed by atoms with Crippen molar-refractivity contribution < 1.29 is 4.55 Å². The summed E-state index contributed by atoms with van der Waals surface area (Å²) in [5.74, 6) is 0. The predicted molar refractivity (Wildman–Crippen MR) is 96.7 cm³/mol. The van der Waals surface area contributed by atoms with E-state index in [-0.39, 0.29) is 10.7 Å². The first kappa shape index (κ1) is 16.6. The molecule has 114 valence electrons. The highest BCUT2D eigenvalue weighted by molar-refractivity contribution is 8.26. The molecule has 1 nitrogen and oxygen atoms in total. The molecule has 1 N–H and O–H groups in total. The van der Waals surface area contributed by atoms with Gasteiger partial charge in [0.15, 0.2) is 0 Å². The Morgan fingerprint density at radius 3 is 2.10 bits per heavy atom. The molecule has 0 heterocycles. The van der Waals surface area contributed by atoms with Gasteiger partial charge < -0.3 is 4.55 Å². The highest BCUT2D eigenvalue weighted by Gasteiger charge is 2.41. The Labute approximate surface area is 135 Å². The average Bonchev–Trinajstić information content (AvgIpc) is 2.23. The number of benzene rings is 1. The second-order valence-corrected chi connectivity index (χ2v) is 8.54. The van der Waals surface area contributed by atoms with Gasteiger partial charge in [-0.05, 0) is 62.5 Å². The first-order valence-electron chi connectivity index (χ1n) is 7.22. The van der Waals surface area contributed by atoms with Gasteiger partial charge in [-0.15, -0.1) is 0 Å². The molecule has 1 aromatic carbocycles. The fourth-order valence-electron chi connectivity index (χ4n) is 4.10. The molecule has 1 aromatic rings. The van der Waals surface area contributed by atoms with Crippen LogP contribution >= 0.6 is 0 Å². The maximum Gasteiger partial charge on any atom is 0.0675 e. The topological polar surface area (TPSA) is 20.2 Å². The van der Waals surface area contributed by atoms with Gasteiger partial charge in [0.05, 0.1) is 5.25 Å². The lowest BCUT2D eigenvalue weighted by molar-refractivity contribution is 0.549. The van der Waals surface area contributed by atoms with E-state index in [2.05, 4.69) is 65.8 Å². The monoisotopic (exact) mass is 320 g/mol. The number of allylic oxidation sites excluding steroid dienone is 3. The normalized spacial score (nSPS) is 27.1. The highest BCUT2D eigenvalue weighted by Crippen LogP contribution is 2.43. The van der Waals surface area contributed by atoms with Crippen LogP contribution in [0.2, 0.25) is 0 Å². The molecule has 1 aliphatic carbocycles. The zero-order valence-corrected chi connectivity index (χ0v) is 15.3. The molecule has 3 atom stereocenters. The summed E-state index contributed by atoms with van der Waals surface area (Å²) in [5, 5.41) is -0.0312. The van der Waals surface area contributed by atoms with Crippen LogP contribution in [0.25, 0.3) is 0 Å². The van der Waals surface area contributed by atoms with Crippen molar-refractivity contribution in [2.75, 3.05) is 0 Å². The van der Waals surface area contributed by atoms with Gasteiger partial charge in [-0.3, -0.25) is 0 Å². The molecule has 0 spiro atoms. The van der Waals surface area contributed by atoms with Gasteiger partial charge >= 0.3 is 0 Å². The third kappa shape index (κ3) is 2.92. The fraction of sp³-hybridized carbons (Fsp3) is 0.444. The van der Waals surface area contributed by atoms with E-state index >= 15 is 0 Å². The average molecular weight is 321 g/mol. The number of hydrogen-bond donors (Lipinski definition) is 1. The minimum Gasteiger partial charge on any atom is -0.327 e. The van der Waals surface area contributed by atoms with E-state index < -0.39 is 9.74 Å². The maximum absolute atomic E-state index is 10.2. The summed E-state index contributed by atoms with van der Waals surface area (Å²) in [6.45, 7) is 12.9. The van der Waals surface area contributed by atoms with Crippen molar-refractivity contribution in [1.82, 2.24) is 0 Å². The number of aryl methyl sites for hydroxylation is 3. The van der Waals surface area contributed by atoms with Crippen LogP contribution in [-0.4, -0.2) is 9.80 Å². The molecule has 0 fully saturated rings. The maximum atomic E-state index is 10.2. The van der Waals surface area contributed by atoms with Gasteiger partial charge in [0.1, 0.15) is 0 Å². The van der Waals surface area contributed by atoms with E-state index in [1.165, 1.54) is 33.4 Å². The van der Waals surface area contributed by atoms with Crippen molar-refractivity contribution in [3.63, 3.8) is 0 Å². The van der Waals surface area contributed by atoms with Crippen LogP contribution in [0.3, 0.4) is 0 Å². The molecule has 21 heavy (non-hydrogen) atoms. The van der Waals surface area contributed by atoms with E-state index in [0.717, 1.165) is 0 Å². The van der Waals surface area contributed by atoms with Crippen molar-refractivity contribution in [3.05, 3.63) is 57.7 Å². The molecular weight excluding hydrogens is 296 g/mol. The van der Waals surface area contributed by atoms with E-state index in [4.69, 9.17) is 11.2 Å². The van der Waals surface area contributed by atoms with Crippen LogP contribution in [0.4, 0.5) is 0 Å². The third-order valence-electron chi connectivity index (χ3n) is 4.36. The smallest absolute Gasteiger partial charge is 0.0675 e. The highest BCUT2D eigenvalue weighted by atomic mass is 32.8. The summed E-state index contributed by atoms with van der Waals surface area (Å²) < 4.78 is 10.2. The summed E-state index contributed by atoms with van der Waals surface area (Å²) in [6, 6.07) is 4.45. The van der Waals surface area contributed by atoms with E-state index in [0.29, 0.717) is 0 Å². The zero-order chi connectivity index (χ0) is 15.9.